The Morgan fingerprint density at radius 3 is 2.85 bits per heavy atom. The molecule has 4 amide bonds. The van der Waals surface area contributed by atoms with E-state index in [1.165, 1.54) is 4.90 Å². The van der Waals surface area contributed by atoms with Crippen LogP contribution in [-0.4, -0.2) is 60.6 Å². The van der Waals surface area contributed by atoms with Crippen LogP contribution in [0.15, 0.2) is 18.2 Å². The molecule has 0 aliphatic carbocycles. The van der Waals surface area contributed by atoms with Gasteiger partial charge in [-0.05, 0) is 42.4 Å². The van der Waals surface area contributed by atoms with Crippen LogP contribution in [0.5, 0.6) is 11.5 Å². The van der Waals surface area contributed by atoms with E-state index in [4.69, 9.17) is 9.47 Å². The maximum Gasteiger partial charge on any atom is 0.325 e. The van der Waals surface area contributed by atoms with Crippen molar-refractivity contribution in [1.29, 1.82) is 0 Å². The predicted octanol–water partition coefficient (Wildman–Crippen LogP) is 1.14. The molecular weight excluding hydrogens is 350 g/mol. The molecule has 0 bridgehead atoms. The Bertz CT molecular complexity index is 796. The number of hydrogen-bond donors (Lipinski definition) is 1. The standard InChI is InChI=1S/C19H23N3O5/c1-19(8-13-3-4-14-15(7-13)27-12-26-14)5-2-6-21(11-19)17(24)10-22-9-16(23)20-18(22)25/h3-4,7H,2,5-6,8-12H2,1H3,(H,20,23,25)/t19-/m0/s1. The van der Waals surface area contributed by atoms with E-state index < -0.39 is 6.03 Å². The van der Waals surface area contributed by atoms with Gasteiger partial charge in [-0.1, -0.05) is 13.0 Å². The van der Waals surface area contributed by atoms with Gasteiger partial charge in [-0.15, -0.1) is 0 Å². The van der Waals surface area contributed by atoms with Crippen molar-refractivity contribution in [3.05, 3.63) is 23.8 Å². The van der Waals surface area contributed by atoms with Crippen LogP contribution in [0, 0.1) is 5.41 Å². The number of urea groups is 1. The van der Waals surface area contributed by atoms with Crippen molar-refractivity contribution in [1.82, 2.24) is 15.1 Å². The fraction of sp³-hybridized carbons (Fsp3) is 0.526. The molecule has 27 heavy (non-hydrogen) atoms. The molecule has 1 aromatic carbocycles. The van der Waals surface area contributed by atoms with Crippen molar-refractivity contribution in [2.24, 2.45) is 5.41 Å². The summed E-state index contributed by atoms with van der Waals surface area (Å²) >= 11 is 0. The monoisotopic (exact) mass is 373 g/mol. The van der Waals surface area contributed by atoms with Crippen molar-refractivity contribution in [2.45, 2.75) is 26.2 Å². The number of amides is 4. The second-order valence-electron chi connectivity index (χ2n) is 7.80. The lowest BCUT2D eigenvalue weighted by atomic mass is 9.77. The summed E-state index contributed by atoms with van der Waals surface area (Å²) in [5.41, 5.74) is 1.10. The van der Waals surface area contributed by atoms with Gasteiger partial charge in [-0.3, -0.25) is 14.9 Å². The number of rotatable bonds is 4. The number of carbonyl (C=O) groups excluding carboxylic acids is 3. The molecule has 3 aliphatic rings. The fourth-order valence-corrected chi connectivity index (χ4v) is 4.09. The smallest absolute Gasteiger partial charge is 0.325 e. The highest BCUT2D eigenvalue weighted by molar-refractivity contribution is 6.03. The van der Waals surface area contributed by atoms with E-state index in [2.05, 4.69) is 12.2 Å². The molecule has 0 radical (unpaired) electrons. The predicted molar refractivity (Wildman–Crippen MR) is 95.3 cm³/mol. The van der Waals surface area contributed by atoms with Crippen LogP contribution in [0.2, 0.25) is 0 Å². The number of carbonyl (C=O) groups is 3. The lowest BCUT2D eigenvalue weighted by Crippen LogP contribution is -2.49. The topological polar surface area (TPSA) is 88.2 Å². The maximum atomic E-state index is 12.7. The van der Waals surface area contributed by atoms with E-state index in [0.29, 0.717) is 13.1 Å². The number of fused-ring (bicyclic) bond motifs is 1. The van der Waals surface area contributed by atoms with Crippen molar-refractivity contribution in [3.63, 3.8) is 0 Å². The number of nitrogens with one attached hydrogen (secondary N) is 1. The number of benzene rings is 1. The molecule has 3 aliphatic heterocycles. The number of piperidine rings is 1. The zero-order chi connectivity index (χ0) is 19.0. The summed E-state index contributed by atoms with van der Waals surface area (Å²) in [4.78, 5) is 38.7. The first-order chi connectivity index (χ1) is 12.9. The molecule has 1 N–H and O–H groups in total. The Kier molecular flexibility index (Phi) is 4.41. The highest BCUT2D eigenvalue weighted by atomic mass is 16.7. The molecule has 0 spiro atoms. The van der Waals surface area contributed by atoms with Crippen LogP contribution in [-0.2, 0) is 16.0 Å². The van der Waals surface area contributed by atoms with Gasteiger partial charge in [0.05, 0.1) is 0 Å². The summed E-state index contributed by atoms with van der Waals surface area (Å²) in [6.45, 7) is 3.64. The van der Waals surface area contributed by atoms with Gasteiger partial charge in [0.15, 0.2) is 11.5 Å². The van der Waals surface area contributed by atoms with Gasteiger partial charge < -0.3 is 19.3 Å². The summed E-state index contributed by atoms with van der Waals surface area (Å²) in [5, 5.41) is 2.20. The zero-order valence-corrected chi connectivity index (χ0v) is 15.3. The molecule has 0 saturated carbocycles. The van der Waals surface area contributed by atoms with Gasteiger partial charge in [0.2, 0.25) is 18.6 Å². The van der Waals surface area contributed by atoms with Crippen LogP contribution >= 0.6 is 0 Å². The number of nitrogens with zero attached hydrogens (tertiary/aromatic N) is 2. The van der Waals surface area contributed by atoms with Gasteiger partial charge >= 0.3 is 6.03 Å². The quantitative estimate of drug-likeness (QED) is 0.800. The van der Waals surface area contributed by atoms with Crippen molar-refractivity contribution in [3.8, 4) is 11.5 Å². The van der Waals surface area contributed by atoms with Crippen LogP contribution < -0.4 is 14.8 Å². The SMILES string of the molecule is C[C@@]1(Cc2ccc3c(c2)OCO3)CCCN(C(=O)CN2CC(=O)NC2=O)C1. The Morgan fingerprint density at radius 2 is 2.07 bits per heavy atom. The first kappa shape index (κ1) is 17.6. The van der Waals surface area contributed by atoms with E-state index in [9.17, 15) is 14.4 Å². The normalized spacial score (nSPS) is 24.3. The minimum absolute atomic E-state index is 0.0487. The third-order valence-electron chi connectivity index (χ3n) is 5.40. The highest BCUT2D eigenvalue weighted by Crippen LogP contribution is 2.37. The van der Waals surface area contributed by atoms with E-state index in [-0.39, 0.29) is 37.1 Å². The Labute approximate surface area is 157 Å². The molecule has 8 heteroatoms. The first-order valence-corrected chi connectivity index (χ1v) is 9.17. The van der Waals surface area contributed by atoms with E-state index in [1.807, 2.05) is 23.1 Å². The molecule has 4 rings (SSSR count). The average molecular weight is 373 g/mol. The lowest BCUT2D eigenvalue weighted by molar-refractivity contribution is -0.135. The lowest BCUT2D eigenvalue weighted by Gasteiger charge is -2.41. The summed E-state index contributed by atoms with van der Waals surface area (Å²) < 4.78 is 10.8. The van der Waals surface area contributed by atoms with Crippen LogP contribution in [0.3, 0.4) is 0 Å². The molecular formula is C19H23N3O5. The van der Waals surface area contributed by atoms with Crippen molar-refractivity contribution < 1.29 is 23.9 Å². The second-order valence-corrected chi connectivity index (χ2v) is 7.80. The van der Waals surface area contributed by atoms with Gasteiger partial charge in [0.25, 0.3) is 0 Å². The molecule has 2 saturated heterocycles. The summed E-state index contributed by atoms with van der Waals surface area (Å²) in [7, 11) is 0. The van der Waals surface area contributed by atoms with Gasteiger partial charge in [-0.25, -0.2) is 4.79 Å². The number of hydrogen-bond acceptors (Lipinski definition) is 5. The molecule has 0 unspecified atom stereocenters. The van der Waals surface area contributed by atoms with Crippen molar-refractivity contribution >= 4 is 17.8 Å². The molecule has 144 valence electrons. The molecule has 3 heterocycles. The number of imide groups is 1. The third-order valence-corrected chi connectivity index (χ3v) is 5.40. The fourth-order valence-electron chi connectivity index (χ4n) is 4.09. The Balaban J connectivity index is 1.40. The molecule has 1 aromatic rings. The van der Waals surface area contributed by atoms with Gasteiger partial charge in [0, 0.05) is 13.1 Å². The number of ether oxygens (including phenoxy) is 2. The highest BCUT2D eigenvalue weighted by Gasteiger charge is 2.36. The third kappa shape index (κ3) is 3.70. The molecule has 2 fully saturated rings. The second kappa shape index (κ2) is 6.75. The van der Waals surface area contributed by atoms with Crippen LogP contribution in [0.25, 0.3) is 0 Å². The zero-order valence-electron chi connectivity index (χ0n) is 15.3. The van der Waals surface area contributed by atoms with Crippen molar-refractivity contribution in [2.75, 3.05) is 33.0 Å². The first-order valence-electron chi connectivity index (χ1n) is 9.17. The van der Waals surface area contributed by atoms with Gasteiger partial charge in [-0.2, -0.15) is 0 Å². The van der Waals surface area contributed by atoms with Gasteiger partial charge in [0.1, 0.15) is 13.1 Å². The van der Waals surface area contributed by atoms with E-state index in [0.717, 1.165) is 36.3 Å². The average Bonchev–Trinajstić information content (AvgIpc) is 3.20. The van der Waals surface area contributed by atoms with Crippen LogP contribution in [0.1, 0.15) is 25.3 Å². The molecule has 0 aromatic heterocycles. The number of likely N-dealkylation sites (tertiary alicyclic amines) is 1. The molecule has 8 nitrogen and oxygen atoms in total. The summed E-state index contributed by atoms with van der Waals surface area (Å²) in [6, 6.07) is 5.48. The molecule has 1 atom stereocenters. The summed E-state index contributed by atoms with van der Waals surface area (Å²) in [5.74, 6) is 1.06. The minimum Gasteiger partial charge on any atom is -0.454 e. The van der Waals surface area contributed by atoms with Crippen LogP contribution in [0.4, 0.5) is 4.79 Å². The Hall–Kier alpha value is -2.77. The minimum atomic E-state index is -0.492. The Morgan fingerprint density at radius 1 is 1.26 bits per heavy atom. The van der Waals surface area contributed by atoms with E-state index in [1.54, 1.807) is 0 Å². The summed E-state index contributed by atoms with van der Waals surface area (Å²) in [6.07, 6.45) is 2.77. The van der Waals surface area contributed by atoms with E-state index >= 15 is 0 Å². The largest absolute Gasteiger partial charge is 0.454 e. The maximum absolute atomic E-state index is 12.7.